The summed E-state index contributed by atoms with van der Waals surface area (Å²) in [7, 11) is 0. The number of benzene rings is 1. The average molecular weight is 339 g/mol. The van der Waals surface area contributed by atoms with E-state index in [0.717, 1.165) is 37.5 Å². The quantitative estimate of drug-likeness (QED) is 0.759. The molecule has 1 aliphatic carbocycles. The van der Waals surface area contributed by atoms with Gasteiger partial charge < -0.3 is 4.74 Å². The number of rotatable bonds is 6. The second-order valence-corrected chi connectivity index (χ2v) is 7.07. The molecule has 0 saturated heterocycles. The number of carbonyl (C=O) groups excluding carboxylic acids is 1. The maximum atomic E-state index is 12.4. The largest absolute Gasteiger partial charge is 0.461 e. The van der Waals surface area contributed by atoms with Gasteiger partial charge in [-0.15, -0.1) is 0 Å². The summed E-state index contributed by atoms with van der Waals surface area (Å²) in [5.41, 5.74) is 3.97. The van der Waals surface area contributed by atoms with E-state index in [0.29, 0.717) is 18.8 Å². The number of ether oxygens (including phenoxy) is 1. The van der Waals surface area contributed by atoms with E-state index < -0.39 is 0 Å². The molecular formula is C20H25N3O2. The van der Waals surface area contributed by atoms with E-state index in [1.165, 1.54) is 24.1 Å². The molecule has 2 aromatic rings. The van der Waals surface area contributed by atoms with Crippen molar-refractivity contribution < 1.29 is 9.53 Å². The molecule has 0 N–H and O–H groups in total. The van der Waals surface area contributed by atoms with Crippen LogP contribution in [-0.2, 0) is 24.2 Å². The van der Waals surface area contributed by atoms with Gasteiger partial charge in [0.1, 0.15) is 0 Å². The van der Waals surface area contributed by atoms with E-state index in [9.17, 15) is 4.79 Å². The first kappa shape index (κ1) is 16.3. The molecule has 0 radical (unpaired) electrons. The zero-order valence-corrected chi connectivity index (χ0v) is 14.8. The van der Waals surface area contributed by atoms with Gasteiger partial charge in [0.25, 0.3) is 0 Å². The first-order valence-electron chi connectivity index (χ1n) is 9.26. The van der Waals surface area contributed by atoms with E-state index in [4.69, 9.17) is 4.74 Å². The van der Waals surface area contributed by atoms with Crippen LogP contribution in [0.3, 0.4) is 0 Å². The molecular weight excluding hydrogens is 314 g/mol. The van der Waals surface area contributed by atoms with Crippen molar-refractivity contribution in [3.63, 3.8) is 0 Å². The Morgan fingerprint density at radius 1 is 1.28 bits per heavy atom. The predicted octanol–water partition coefficient (Wildman–Crippen LogP) is 2.88. The van der Waals surface area contributed by atoms with Gasteiger partial charge in [-0.1, -0.05) is 30.3 Å². The molecule has 1 aliphatic heterocycles. The molecule has 2 heterocycles. The van der Waals surface area contributed by atoms with Gasteiger partial charge >= 0.3 is 5.97 Å². The monoisotopic (exact) mass is 339 g/mol. The van der Waals surface area contributed by atoms with Crippen LogP contribution in [0.5, 0.6) is 0 Å². The van der Waals surface area contributed by atoms with Crippen LogP contribution in [-0.4, -0.2) is 40.3 Å². The second kappa shape index (κ2) is 7.00. The van der Waals surface area contributed by atoms with Crippen LogP contribution in [0.1, 0.15) is 47.1 Å². The Labute approximate surface area is 148 Å². The minimum Gasteiger partial charge on any atom is -0.461 e. The molecule has 2 aliphatic rings. The van der Waals surface area contributed by atoms with Gasteiger partial charge in [-0.25, -0.2) is 4.79 Å². The van der Waals surface area contributed by atoms with E-state index in [-0.39, 0.29) is 5.97 Å². The lowest BCUT2D eigenvalue weighted by Gasteiger charge is -2.27. The van der Waals surface area contributed by atoms with Crippen LogP contribution in [0.15, 0.2) is 30.3 Å². The predicted molar refractivity (Wildman–Crippen MR) is 95.4 cm³/mol. The lowest BCUT2D eigenvalue weighted by molar-refractivity contribution is 0.0515. The lowest BCUT2D eigenvalue weighted by atomic mass is 10.0. The summed E-state index contributed by atoms with van der Waals surface area (Å²) in [4.78, 5) is 14.9. The molecule has 25 heavy (non-hydrogen) atoms. The van der Waals surface area contributed by atoms with Crippen molar-refractivity contribution in [3.05, 3.63) is 52.8 Å². The molecule has 4 rings (SSSR count). The van der Waals surface area contributed by atoms with Crippen LogP contribution >= 0.6 is 0 Å². The Bertz CT molecular complexity index is 750. The summed E-state index contributed by atoms with van der Waals surface area (Å²) in [6.45, 7) is 5.92. The minimum atomic E-state index is -0.293. The van der Waals surface area contributed by atoms with Gasteiger partial charge in [0.2, 0.25) is 0 Å². The lowest BCUT2D eigenvalue weighted by Crippen LogP contribution is -2.33. The molecule has 0 bridgehead atoms. The normalized spacial score (nSPS) is 17.3. The molecule has 0 unspecified atom stereocenters. The summed E-state index contributed by atoms with van der Waals surface area (Å²) in [6, 6.07) is 10.3. The number of aromatic nitrogens is 2. The highest BCUT2D eigenvalue weighted by atomic mass is 16.5. The molecule has 132 valence electrons. The number of carbonyl (C=O) groups is 1. The highest BCUT2D eigenvalue weighted by molar-refractivity contribution is 5.89. The molecule has 0 amide bonds. The van der Waals surface area contributed by atoms with Gasteiger partial charge in [0.15, 0.2) is 5.69 Å². The molecule has 0 atom stereocenters. The molecule has 1 fully saturated rings. The van der Waals surface area contributed by atoms with E-state index in [2.05, 4.69) is 22.1 Å². The van der Waals surface area contributed by atoms with Crippen LogP contribution in [0.2, 0.25) is 0 Å². The molecule has 5 heteroatoms. The van der Waals surface area contributed by atoms with Crippen LogP contribution < -0.4 is 0 Å². The van der Waals surface area contributed by atoms with Crippen molar-refractivity contribution in [2.24, 2.45) is 5.92 Å². The fraction of sp³-hybridized carbons (Fsp3) is 0.500. The van der Waals surface area contributed by atoms with Gasteiger partial charge in [-0.2, -0.15) is 5.10 Å². The summed E-state index contributed by atoms with van der Waals surface area (Å²) < 4.78 is 7.26. The Morgan fingerprint density at radius 2 is 2.08 bits per heavy atom. The number of esters is 1. The fourth-order valence-electron chi connectivity index (χ4n) is 3.62. The van der Waals surface area contributed by atoms with Crippen LogP contribution in [0.4, 0.5) is 0 Å². The minimum absolute atomic E-state index is 0.293. The number of fused-ring (bicyclic) bond motifs is 1. The Kier molecular flexibility index (Phi) is 4.57. The van der Waals surface area contributed by atoms with E-state index >= 15 is 0 Å². The third-order valence-electron chi connectivity index (χ3n) is 5.07. The first-order chi connectivity index (χ1) is 12.2. The molecule has 1 saturated carbocycles. The zero-order chi connectivity index (χ0) is 17.2. The smallest absolute Gasteiger partial charge is 0.359 e. The van der Waals surface area contributed by atoms with E-state index in [1.54, 1.807) is 0 Å². The number of hydrogen-bond acceptors (Lipinski definition) is 4. The third-order valence-corrected chi connectivity index (χ3v) is 5.07. The van der Waals surface area contributed by atoms with Crippen molar-refractivity contribution >= 4 is 5.97 Å². The maximum Gasteiger partial charge on any atom is 0.359 e. The molecule has 0 spiro atoms. The highest BCUT2D eigenvalue weighted by Gasteiger charge is 2.31. The SMILES string of the molecule is CCOC(=O)c1nn(Cc2ccccc2)c2c1CN(CC1CC1)CC2. The fourth-order valence-corrected chi connectivity index (χ4v) is 3.62. The highest BCUT2D eigenvalue weighted by Crippen LogP contribution is 2.32. The van der Waals surface area contributed by atoms with Crippen molar-refractivity contribution in [1.82, 2.24) is 14.7 Å². The van der Waals surface area contributed by atoms with Crippen molar-refractivity contribution in [3.8, 4) is 0 Å². The first-order valence-corrected chi connectivity index (χ1v) is 9.26. The summed E-state index contributed by atoms with van der Waals surface area (Å²) in [5, 5.41) is 4.65. The van der Waals surface area contributed by atoms with Gasteiger partial charge in [-0.3, -0.25) is 9.58 Å². The number of nitrogens with zero attached hydrogens (tertiary/aromatic N) is 3. The summed E-state index contributed by atoms with van der Waals surface area (Å²) in [5.74, 6) is 0.561. The summed E-state index contributed by atoms with van der Waals surface area (Å²) in [6.07, 6.45) is 3.64. The van der Waals surface area contributed by atoms with Gasteiger partial charge in [0.05, 0.1) is 13.2 Å². The maximum absolute atomic E-state index is 12.4. The number of hydrogen-bond donors (Lipinski definition) is 0. The topological polar surface area (TPSA) is 47.4 Å². The standard InChI is InChI=1S/C20H25N3O2/c1-2-25-20(24)19-17-14-22(12-16-8-9-16)11-10-18(17)23(21-19)13-15-6-4-3-5-7-15/h3-7,16H,2,8-14H2,1H3. The van der Waals surface area contributed by atoms with Crippen LogP contribution in [0.25, 0.3) is 0 Å². The molecule has 5 nitrogen and oxygen atoms in total. The van der Waals surface area contributed by atoms with Crippen molar-refractivity contribution in [2.45, 2.75) is 39.3 Å². The Hall–Kier alpha value is -2.14. The van der Waals surface area contributed by atoms with Crippen molar-refractivity contribution in [1.29, 1.82) is 0 Å². The molecule has 1 aromatic carbocycles. The average Bonchev–Trinajstić information content (AvgIpc) is 3.37. The summed E-state index contributed by atoms with van der Waals surface area (Å²) >= 11 is 0. The third kappa shape index (κ3) is 3.61. The van der Waals surface area contributed by atoms with Gasteiger partial charge in [0, 0.05) is 37.3 Å². The van der Waals surface area contributed by atoms with Crippen molar-refractivity contribution in [2.75, 3.05) is 19.7 Å². The second-order valence-electron chi connectivity index (χ2n) is 7.07. The zero-order valence-electron chi connectivity index (χ0n) is 14.8. The van der Waals surface area contributed by atoms with Crippen LogP contribution in [0, 0.1) is 5.92 Å². The Morgan fingerprint density at radius 3 is 2.80 bits per heavy atom. The van der Waals surface area contributed by atoms with E-state index in [1.807, 2.05) is 29.8 Å². The Balaban J connectivity index is 1.62. The van der Waals surface area contributed by atoms with Gasteiger partial charge in [-0.05, 0) is 31.2 Å². The molecule has 1 aromatic heterocycles.